The van der Waals surface area contributed by atoms with Gasteiger partial charge in [0.05, 0.1) is 28.8 Å². The molecular weight excluding hydrogens is 516 g/mol. The molecule has 7 rings (SSSR count). The summed E-state index contributed by atoms with van der Waals surface area (Å²) in [6.07, 6.45) is 11.8. The molecular formula is C30H34N10O. The maximum absolute atomic E-state index is 12.7. The number of hydrogen-bond acceptors (Lipinski definition) is 8. The second-order valence-electron chi connectivity index (χ2n) is 11.3. The average Bonchev–Trinajstić information content (AvgIpc) is 3.62. The van der Waals surface area contributed by atoms with E-state index in [4.69, 9.17) is 9.97 Å². The van der Waals surface area contributed by atoms with E-state index >= 15 is 0 Å². The summed E-state index contributed by atoms with van der Waals surface area (Å²) in [5.74, 6) is 1.15. The van der Waals surface area contributed by atoms with Crippen molar-refractivity contribution in [3.8, 4) is 22.8 Å². The van der Waals surface area contributed by atoms with Gasteiger partial charge in [-0.2, -0.15) is 5.10 Å². The molecule has 11 nitrogen and oxygen atoms in total. The predicted molar refractivity (Wildman–Crippen MR) is 160 cm³/mol. The normalized spacial score (nSPS) is 17.0. The van der Waals surface area contributed by atoms with Crippen LogP contribution < -0.4 is 10.2 Å². The first-order valence-electron chi connectivity index (χ1n) is 14.5. The van der Waals surface area contributed by atoms with E-state index in [2.05, 4.69) is 47.3 Å². The molecule has 3 N–H and O–H groups in total. The number of hydrogen-bond donors (Lipinski definition) is 3. The SMILES string of the molecule is CN1CCN(c2ccnc3nc(-c4n[nH]c5ccc(-c6cncc(NC(=O)CC7CCCCC7)c6)nc45)[nH]c23)CC1. The third-order valence-corrected chi connectivity index (χ3v) is 8.36. The van der Waals surface area contributed by atoms with Crippen LogP contribution in [0.25, 0.3) is 45.0 Å². The quantitative estimate of drug-likeness (QED) is 0.279. The van der Waals surface area contributed by atoms with Gasteiger partial charge < -0.3 is 20.1 Å². The topological polar surface area (TPSA) is 132 Å². The number of piperazine rings is 1. The molecule has 1 aliphatic heterocycles. The fourth-order valence-electron chi connectivity index (χ4n) is 6.06. The van der Waals surface area contributed by atoms with Gasteiger partial charge in [0.15, 0.2) is 17.2 Å². The number of carbonyl (C=O) groups is 1. The minimum atomic E-state index is 0.0471. The first-order chi connectivity index (χ1) is 20.1. The number of nitrogens with one attached hydrogen (secondary N) is 3. The largest absolute Gasteiger partial charge is 0.367 e. The van der Waals surface area contributed by atoms with Gasteiger partial charge in [0, 0.05) is 50.6 Å². The minimum Gasteiger partial charge on any atom is -0.367 e. The van der Waals surface area contributed by atoms with Crippen molar-refractivity contribution >= 4 is 39.5 Å². The zero-order valence-corrected chi connectivity index (χ0v) is 23.2. The second kappa shape index (κ2) is 10.9. The highest BCUT2D eigenvalue weighted by atomic mass is 16.1. The molecule has 5 aromatic heterocycles. The van der Waals surface area contributed by atoms with Gasteiger partial charge in [-0.05, 0) is 50.1 Å². The van der Waals surface area contributed by atoms with E-state index in [9.17, 15) is 4.79 Å². The van der Waals surface area contributed by atoms with Gasteiger partial charge >= 0.3 is 0 Å². The molecule has 2 aliphatic rings. The summed E-state index contributed by atoms with van der Waals surface area (Å²) in [7, 11) is 2.15. The molecule has 6 heterocycles. The van der Waals surface area contributed by atoms with Crippen LogP contribution >= 0.6 is 0 Å². The van der Waals surface area contributed by atoms with Crippen LogP contribution in [0.3, 0.4) is 0 Å². The number of imidazole rings is 1. The average molecular weight is 551 g/mol. The Bertz CT molecular complexity index is 1690. The second-order valence-corrected chi connectivity index (χ2v) is 11.3. The Labute approximate surface area is 237 Å². The number of fused-ring (bicyclic) bond motifs is 2. The number of likely N-dealkylation sites (N-methyl/N-ethyl adjacent to an activating group) is 1. The van der Waals surface area contributed by atoms with Crippen molar-refractivity contribution in [1.82, 2.24) is 40.0 Å². The van der Waals surface area contributed by atoms with Crippen molar-refractivity contribution in [2.24, 2.45) is 5.92 Å². The third kappa shape index (κ3) is 5.24. The first kappa shape index (κ1) is 25.6. The van der Waals surface area contributed by atoms with Crippen LogP contribution in [0.1, 0.15) is 38.5 Å². The fraction of sp³-hybridized carbons (Fsp3) is 0.400. The molecule has 0 unspecified atom stereocenters. The zero-order chi connectivity index (χ0) is 27.8. The highest BCUT2D eigenvalue weighted by molar-refractivity contribution is 5.94. The number of aromatic nitrogens is 7. The van der Waals surface area contributed by atoms with Crippen molar-refractivity contribution in [1.29, 1.82) is 0 Å². The molecule has 210 valence electrons. The summed E-state index contributed by atoms with van der Waals surface area (Å²) in [6.45, 7) is 3.94. The van der Waals surface area contributed by atoms with E-state index in [-0.39, 0.29) is 5.91 Å². The number of amides is 1. The maximum Gasteiger partial charge on any atom is 0.224 e. The van der Waals surface area contributed by atoms with E-state index in [0.717, 1.165) is 67.0 Å². The van der Waals surface area contributed by atoms with Crippen molar-refractivity contribution in [3.63, 3.8) is 0 Å². The number of carbonyl (C=O) groups excluding carboxylic acids is 1. The minimum absolute atomic E-state index is 0.0471. The number of pyridine rings is 3. The Morgan fingerprint density at radius 1 is 1.05 bits per heavy atom. The van der Waals surface area contributed by atoms with Gasteiger partial charge in [0.1, 0.15) is 11.0 Å². The molecule has 1 saturated carbocycles. The molecule has 0 spiro atoms. The number of aromatic amines is 2. The highest BCUT2D eigenvalue weighted by Crippen LogP contribution is 2.31. The summed E-state index contributed by atoms with van der Waals surface area (Å²) in [6, 6.07) is 7.86. The number of H-pyrrole nitrogens is 2. The molecule has 1 saturated heterocycles. The van der Waals surface area contributed by atoms with Gasteiger partial charge in [-0.3, -0.25) is 14.9 Å². The summed E-state index contributed by atoms with van der Waals surface area (Å²) < 4.78 is 0. The Morgan fingerprint density at radius 2 is 1.90 bits per heavy atom. The molecule has 41 heavy (non-hydrogen) atoms. The Morgan fingerprint density at radius 3 is 2.76 bits per heavy atom. The molecule has 0 bridgehead atoms. The summed E-state index contributed by atoms with van der Waals surface area (Å²) in [4.78, 5) is 39.5. The van der Waals surface area contributed by atoms with Crippen LogP contribution in [0.2, 0.25) is 0 Å². The van der Waals surface area contributed by atoms with E-state index in [0.29, 0.717) is 40.7 Å². The monoisotopic (exact) mass is 550 g/mol. The van der Waals surface area contributed by atoms with Crippen LogP contribution in [-0.4, -0.2) is 79.2 Å². The number of anilines is 2. The molecule has 0 atom stereocenters. The Balaban J connectivity index is 1.16. The molecule has 0 aromatic carbocycles. The maximum atomic E-state index is 12.7. The van der Waals surface area contributed by atoms with Crippen LogP contribution in [0.15, 0.2) is 42.9 Å². The van der Waals surface area contributed by atoms with E-state index in [1.165, 1.54) is 19.3 Å². The standard InChI is InChI=1S/C30H34N10O/c1-39-11-13-40(14-12-39)24-9-10-32-29-27(24)35-30(36-29)28-26-23(37-38-28)8-7-22(34-26)20-16-21(18-31-17-20)33-25(41)15-19-5-3-2-4-6-19/h7-10,16-19H,2-6,11-15H2,1H3,(H,33,41)(H,37,38)(H,32,35,36). The van der Waals surface area contributed by atoms with Crippen molar-refractivity contribution in [2.45, 2.75) is 38.5 Å². The lowest BCUT2D eigenvalue weighted by atomic mass is 9.87. The molecule has 0 radical (unpaired) electrons. The smallest absolute Gasteiger partial charge is 0.224 e. The molecule has 1 aliphatic carbocycles. The van der Waals surface area contributed by atoms with Gasteiger partial charge in [-0.25, -0.2) is 15.0 Å². The van der Waals surface area contributed by atoms with Gasteiger partial charge in [0.25, 0.3) is 0 Å². The zero-order valence-electron chi connectivity index (χ0n) is 23.2. The van der Waals surface area contributed by atoms with Gasteiger partial charge in [-0.15, -0.1) is 0 Å². The van der Waals surface area contributed by atoms with Crippen LogP contribution in [0.4, 0.5) is 11.4 Å². The van der Waals surface area contributed by atoms with Crippen LogP contribution in [0.5, 0.6) is 0 Å². The third-order valence-electron chi connectivity index (χ3n) is 8.36. The van der Waals surface area contributed by atoms with Gasteiger partial charge in [-0.1, -0.05) is 19.3 Å². The van der Waals surface area contributed by atoms with Crippen molar-refractivity contribution in [2.75, 3.05) is 43.4 Å². The fourth-order valence-corrected chi connectivity index (χ4v) is 6.06. The first-order valence-corrected chi connectivity index (χ1v) is 14.5. The lowest BCUT2D eigenvalue weighted by Gasteiger charge is -2.34. The van der Waals surface area contributed by atoms with E-state index < -0.39 is 0 Å². The molecule has 2 fully saturated rings. The predicted octanol–water partition coefficient (Wildman–Crippen LogP) is 4.62. The summed E-state index contributed by atoms with van der Waals surface area (Å²) >= 11 is 0. The lowest BCUT2D eigenvalue weighted by molar-refractivity contribution is -0.117. The molecule has 1 amide bonds. The van der Waals surface area contributed by atoms with Crippen LogP contribution in [-0.2, 0) is 4.79 Å². The van der Waals surface area contributed by atoms with Crippen LogP contribution in [0, 0.1) is 5.92 Å². The lowest BCUT2D eigenvalue weighted by Crippen LogP contribution is -2.44. The molecule has 11 heteroatoms. The van der Waals surface area contributed by atoms with Gasteiger partial charge in [0.2, 0.25) is 5.91 Å². The van der Waals surface area contributed by atoms with Crippen molar-refractivity contribution < 1.29 is 4.79 Å². The molecule has 5 aromatic rings. The number of rotatable bonds is 6. The summed E-state index contributed by atoms with van der Waals surface area (Å²) in [5.41, 5.74) is 7.04. The Kier molecular flexibility index (Phi) is 6.79. The number of nitrogens with zero attached hydrogens (tertiary/aromatic N) is 7. The van der Waals surface area contributed by atoms with Crippen molar-refractivity contribution in [3.05, 3.63) is 42.9 Å². The highest BCUT2D eigenvalue weighted by Gasteiger charge is 2.21. The van der Waals surface area contributed by atoms with E-state index in [1.807, 2.05) is 30.5 Å². The Hall–Kier alpha value is -4.38. The summed E-state index contributed by atoms with van der Waals surface area (Å²) in [5, 5.41) is 10.7. The van der Waals surface area contributed by atoms with E-state index in [1.54, 1.807) is 12.4 Å².